The largest absolute Gasteiger partial charge is 0.481 e. The van der Waals surface area contributed by atoms with Gasteiger partial charge in [-0.25, -0.2) is 0 Å². The van der Waals surface area contributed by atoms with Gasteiger partial charge in [-0.15, -0.1) is 0 Å². The summed E-state index contributed by atoms with van der Waals surface area (Å²) < 4.78 is 0. The average Bonchev–Trinajstić information content (AvgIpc) is 2.64. The molecular weight excluding hydrogens is 312 g/mol. The van der Waals surface area contributed by atoms with Gasteiger partial charge >= 0.3 is 5.97 Å². The first-order valence-corrected chi connectivity index (χ1v) is 8.90. The Bertz CT molecular complexity index is 675. The Morgan fingerprint density at radius 2 is 1.56 bits per heavy atom. The summed E-state index contributed by atoms with van der Waals surface area (Å²) in [5.41, 5.74) is 2.52. The minimum atomic E-state index is -0.718. The minimum Gasteiger partial charge on any atom is -0.481 e. The second-order valence-electron chi connectivity index (χ2n) is 6.87. The van der Waals surface area contributed by atoms with Crippen LogP contribution in [0.4, 0.5) is 0 Å². The number of aliphatic carboxylic acids is 1. The van der Waals surface area contributed by atoms with Crippen LogP contribution in [-0.4, -0.2) is 46.6 Å². The Kier molecular flexibility index (Phi) is 5.84. The monoisotopic (exact) mass is 338 g/mol. The van der Waals surface area contributed by atoms with E-state index in [9.17, 15) is 9.90 Å². The molecule has 132 valence electrons. The highest BCUT2D eigenvalue weighted by Gasteiger charge is 2.34. The normalized spacial score (nSPS) is 20.3. The van der Waals surface area contributed by atoms with Gasteiger partial charge in [0.25, 0.3) is 0 Å². The Hall–Kier alpha value is -2.17. The first-order valence-electron chi connectivity index (χ1n) is 8.90. The number of rotatable bonds is 6. The fraction of sp³-hybridized carbons (Fsp3) is 0.381. The SMILES string of the molecule is CC(C(=O)O)C1CN(Cc2ccccc2)CCN1Cc1ccccc1. The number of hydrogen-bond acceptors (Lipinski definition) is 3. The molecule has 1 aliphatic rings. The van der Waals surface area contributed by atoms with E-state index in [1.54, 1.807) is 0 Å². The number of carboxylic acids is 1. The molecule has 25 heavy (non-hydrogen) atoms. The van der Waals surface area contributed by atoms with E-state index in [0.717, 1.165) is 32.7 Å². The summed E-state index contributed by atoms with van der Waals surface area (Å²) in [6, 6.07) is 20.7. The number of nitrogens with zero attached hydrogens (tertiary/aromatic N) is 2. The zero-order chi connectivity index (χ0) is 17.6. The van der Waals surface area contributed by atoms with E-state index in [-0.39, 0.29) is 12.0 Å². The van der Waals surface area contributed by atoms with E-state index < -0.39 is 5.97 Å². The Morgan fingerprint density at radius 1 is 1.00 bits per heavy atom. The molecule has 4 nitrogen and oxygen atoms in total. The van der Waals surface area contributed by atoms with E-state index in [2.05, 4.69) is 46.2 Å². The highest BCUT2D eigenvalue weighted by atomic mass is 16.4. The highest BCUT2D eigenvalue weighted by molar-refractivity contribution is 5.70. The summed E-state index contributed by atoms with van der Waals surface area (Å²) in [4.78, 5) is 16.3. The number of piperazine rings is 1. The van der Waals surface area contributed by atoms with Gasteiger partial charge in [0.15, 0.2) is 0 Å². The van der Waals surface area contributed by atoms with E-state index in [1.165, 1.54) is 11.1 Å². The summed E-state index contributed by atoms with van der Waals surface area (Å²) in [5, 5.41) is 9.55. The number of carboxylic acid groups (broad SMARTS) is 1. The van der Waals surface area contributed by atoms with Crippen LogP contribution in [0.25, 0.3) is 0 Å². The maximum absolute atomic E-state index is 11.6. The maximum atomic E-state index is 11.6. The Morgan fingerprint density at radius 3 is 2.12 bits per heavy atom. The van der Waals surface area contributed by atoms with Crippen molar-refractivity contribution < 1.29 is 9.90 Å². The highest BCUT2D eigenvalue weighted by Crippen LogP contribution is 2.22. The van der Waals surface area contributed by atoms with Gasteiger partial charge in [0, 0.05) is 38.8 Å². The van der Waals surface area contributed by atoms with Crippen molar-refractivity contribution in [1.82, 2.24) is 9.80 Å². The van der Waals surface area contributed by atoms with Crippen molar-refractivity contribution in [3.8, 4) is 0 Å². The molecule has 3 rings (SSSR count). The molecule has 2 unspecified atom stereocenters. The second-order valence-corrected chi connectivity index (χ2v) is 6.87. The predicted molar refractivity (Wildman–Crippen MR) is 99.2 cm³/mol. The van der Waals surface area contributed by atoms with Crippen molar-refractivity contribution in [2.24, 2.45) is 5.92 Å². The van der Waals surface area contributed by atoms with Crippen molar-refractivity contribution >= 4 is 5.97 Å². The van der Waals surface area contributed by atoms with Gasteiger partial charge in [0.05, 0.1) is 5.92 Å². The first kappa shape index (κ1) is 17.6. The average molecular weight is 338 g/mol. The molecule has 2 aromatic rings. The van der Waals surface area contributed by atoms with Gasteiger partial charge < -0.3 is 5.11 Å². The second kappa shape index (κ2) is 8.28. The molecule has 0 saturated carbocycles. The van der Waals surface area contributed by atoms with Crippen LogP contribution in [0.5, 0.6) is 0 Å². The van der Waals surface area contributed by atoms with Crippen molar-refractivity contribution in [1.29, 1.82) is 0 Å². The van der Waals surface area contributed by atoms with E-state index in [0.29, 0.717) is 0 Å². The topological polar surface area (TPSA) is 43.8 Å². The van der Waals surface area contributed by atoms with Crippen LogP contribution in [0.1, 0.15) is 18.1 Å². The smallest absolute Gasteiger partial charge is 0.307 e. The van der Waals surface area contributed by atoms with Gasteiger partial charge in [-0.3, -0.25) is 14.6 Å². The molecule has 1 aliphatic heterocycles. The summed E-state index contributed by atoms with van der Waals surface area (Å²) in [7, 11) is 0. The molecule has 1 N–H and O–H groups in total. The maximum Gasteiger partial charge on any atom is 0.307 e. The lowest BCUT2D eigenvalue weighted by molar-refractivity contribution is -0.144. The van der Waals surface area contributed by atoms with Gasteiger partial charge in [-0.2, -0.15) is 0 Å². The van der Waals surface area contributed by atoms with E-state index in [4.69, 9.17) is 0 Å². The van der Waals surface area contributed by atoms with Crippen molar-refractivity contribution in [2.75, 3.05) is 19.6 Å². The molecular formula is C21H26N2O2. The zero-order valence-electron chi connectivity index (χ0n) is 14.7. The van der Waals surface area contributed by atoms with Gasteiger partial charge in [0.1, 0.15) is 0 Å². The lowest BCUT2D eigenvalue weighted by atomic mass is 9.96. The third-order valence-corrected chi connectivity index (χ3v) is 5.06. The molecule has 0 spiro atoms. The molecule has 0 amide bonds. The summed E-state index contributed by atoms with van der Waals surface area (Å²) in [5.74, 6) is -1.10. The van der Waals surface area contributed by atoms with Crippen LogP contribution in [0.2, 0.25) is 0 Å². The fourth-order valence-electron chi connectivity index (χ4n) is 3.55. The predicted octanol–water partition coefficient (Wildman–Crippen LogP) is 3.09. The molecule has 2 atom stereocenters. The molecule has 0 aromatic heterocycles. The number of hydrogen-bond donors (Lipinski definition) is 1. The number of carbonyl (C=O) groups is 1. The van der Waals surface area contributed by atoms with Crippen molar-refractivity contribution in [3.63, 3.8) is 0 Å². The van der Waals surface area contributed by atoms with E-state index >= 15 is 0 Å². The summed E-state index contributed by atoms with van der Waals surface area (Å²) in [6.45, 7) is 6.16. The summed E-state index contributed by atoms with van der Waals surface area (Å²) >= 11 is 0. The molecule has 1 fully saturated rings. The van der Waals surface area contributed by atoms with Crippen LogP contribution in [-0.2, 0) is 17.9 Å². The lowest BCUT2D eigenvalue weighted by Crippen LogP contribution is -2.56. The third-order valence-electron chi connectivity index (χ3n) is 5.06. The van der Waals surface area contributed by atoms with Gasteiger partial charge in [-0.05, 0) is 11.1 Å². The van der Waals surface area contributed by atoms with Gasteiger partial charge in [0.2, 0.25) is 0 Å². The standard InChI is InChI=1S/C21H26N2O2/c1-17(21(24)25)20-16-22(14-18-8-4-2-5-9-18)12-13-23(20)15-19-10-6-3-7-11-19/h2-11,17,20H,12-16H2,1H3,(H,24,25). The molecule has 0 aliphatic carbocycles. The van der Waals surface area contributed by atoms with Crippen LogP contribution in [0, 0.1) is 5.92 Å². The number of benzene rings is 2. The van der Waals surface area contributed by atoms with Crippen molar-refractivity contribution in [3.05, 3.63) is 71.8 Å². The van der Waals surface area contributed by atoms with E-state index in [1.807, 2.05) is 31.2 Å². The Balaban J connectivity index is 1.71. The summed E-state index contributed by atoms with van der Waals surface area (Å²) in [6.07, 6.45) is 0. The van der Waals surface area contributed by atoms with Gasteiger partial charge in [-0.1, -0.05) is 67.6 Å². The van der Waals surface area contributed by atoms with Crippen LogP contribution < -0.4 is 0 Å². The zero-order valence-corrected chi connectivity index (χ0v) is 14.7. The van der Waals surface area contributed by atoms with Crippen LogP contribution in [0.3, 0.4) is 0 Å². The lowest BCUT2D eigenvalue weighted by Gasteiger charge is -2.43. The Labute approximate surface area is 149 Å². The molecule has 0 bridgehead atoms. The van der Waals surface area contributed by atoms with Crippen molar-refractivity contribution in [2.45, 2.75) is 26.1 Å². The molecule has 2 aromatic carbocycles. The minimum absolute atomic E-state index is 0.0233. The molecule has 1 saturated heterocycles. The van der Waals surface area contributed by atoms with Crippen LogP contribution in [0.15, 0.2) is 60.7 Å². The molecule has 1 heterocycles. The van der Waals surface area contributed by atoms with Crippen LogP contribution >= 0.6 is 0 Å². The third kappa shape index (κ3) is 4.68. The molecule has 4 heteroatoms. The fourth-order valence-corrected chi connectivity index (χ4v) is 3.55. The quantitative estimate of drug-likeness (QED) is 0.879. The molecule has 0 radical (unpaired) electrons. The first-order chi connectivity index (χ1) is 12.1.